The van der Waals surface area contributed by atoms with Gasteiger partial charge in [0.2, 0.25) is 10.0 Å². The van der Waals surface area contributed by atoms with Gasteiger partial charge in [0, 0.05) is 32.2 Å². The van der Waals surface area contributed by atoms with Crippen LogP contribution in [0.15, 0.2) is 47.4 Å². The fourth-order valence-corrected chi connectivity index (χ4v) is 4.02. The molecule has 0 aliphatic carbocycles. The number of nitrogens with two attached hydrogens (primary N) is 1. The summed E-state index contributed by atoms with van der Waals surface area (Å²) in [7, 11) is -3.94. The number of nitrogens with zero attached hydrogens (tertiary/aromatic N) is 3. The number of rotatable bonds is 4. The Labute approximate surface area is 164 Å². The molecular weight excluding hydrogens is 413 g/mol. The minimum Gasteiger partial charge on any atom is -0.367 e. The summed E-state index contributed by atoms with van der Waals surface area (Å²) >= 11 is 0. The van der Waals surface area contributed by atoms with Crippen molar-refractivity contribution in [2.45, 2.75) is 11.1 Å². The Morgan fingerprint density at radius 3 is 2.03 bits per heavy atom. The maximum absolute atomic E-state index is 12.9. The number of nitro groups is 1. The molecule has 2 aromatic carbocycles. The van der Waals surface area contributed by atoms with E-state index in [4.69, 9.17) is 5.14 Å². The van der Waals surface area contributed by atoms with Crippen molar-refractivity contribution in [3.05, 3.63) is 58.1 Å². The van der Waals surface area contributed by atoms with Crippen LogP contribution < -0.4 is 14.9 Å². The van der Waals surface area contributed by atoms with Gasteiger partial charge >= 0.3 is 6.18 Å². The first-order valence-electron chi connectivity index (χ1n) is 8.46. The normalized spacial score (nSPS) is 15.4. The highest BCUT2D eigenvalue weighted by atomic mass is 32.2. The van der Waals surface area contributed by atoms with Crippen molar-refractivity contribution in [1.29, 1.82) is 0 Å². The number of piperazine rings is 1. The summed E-state index contributed by atoms with van der Waals surface area (Å²) in [6, 6.07) is 8.63. The smallest absolute Gasteiger partial charge is 0.367 e. The molecule has 0 atom stereocenters. The molecule has 0 aromatic heterocycles. The van der Waals surface area contributed by atoms with Gasteiger partial charge in [0.05, 0.1) is 16.2 Å². The lowest BCUT2D eigenvalue weighted by Gasteiger charge is -2.37. The van der Waals surface area contributed by atoms with Crippen LogP contribution in [0.5, 0.6) is 0 Å². The predicted molar refractivity (Wildman–Crippen MR) is 100 cm³/mol. The SMILES string of the molecule is NS(=O)(=O)c1ccccc1N1CCN(c2ccc(C(F)(F)F)cc2[N+](=O)[O-])CC1. The Kier molecular flexibility index (Phi) is 5.41. The molecule has 156 valence electrons. The van der Waals surface area contributed by atoms with E-state index in [2.05, 4.69) is 0 Å². The van der Waals surface area contributed by atoms with Gasteiger partial charge in [-0.25, -0.2) is 13.6 Å². The second-order valence-electron chi connectivity index (χ2n) is 6.45. The summed E-state index contributed by atoms with van der Waals surface area (Å²) in [5, 5.41) is 16.6. The highest BCUT2D eigenvalue weighted by Crippen LogP contribution is 2.37. The molecular formula is C17H17F3N4O4S. The Balaban J connectivity index is 1.85. The fourth-order valence-electron chi connectivity index (χ4n) is 3.26. The van der Waals surface area contributed by atoms with Crippen LogP contribution in [-0.2, 0) is 16.2 Å². The molecule has 0 bridgehead atoms. The number of hydrogen-bond donors (Lipinski definition) is 1. The summed E-state index contributed by atoms with van der Waals surface area (Å²) < 4.78 is 62.2. The molecule has 8 nitrogen and oxygen atoms in total. The summed E-state index contributed by atoms with van der Waals surface area (Å²) in [4.78, 5) is 13.8. The summed E-state index contributed by atoms with van der Waals surface area (Å²) in [6.45, 7) is 1.13. The Morgan fingerprint density at radius 1 is 0.966 bits per heavy atom. The minimum absolute atomic E-state index is 0.0334. The number of sulfonamides is 1. The monoisotopic (exact) mass is 430 g/mol. The number of benzene rings is 2. The van der Waals surface area contributed by atoms with Crippen molar-refractivity contribution in [1.82, 2.24) is 0 Å². The van der Waals surface area contributed by atoms with Gasteiger partial charge in [0.15, 0.2) is 0 Å². The third-order valence-corrected chi connectivity index (χ3v) is 5.59. The molecule has 12 heteroatoms. The van der Waals surface area contributed by atoms with Crippen LogP contribution in [0.2, 0.25) is 0 Å². The van der Waals surface area contributed by atoms with Gasteiger partial charge in [-0.15, -0.1) is 0 Å². The molecule has 0 amide bonds. The molecule has 3 rings (SSSR count). The maximum Gasteiger partial charge on any atom is 0.416 e. The second-order valence-corrected chi connectivity index (χ2v) is 7.98. The van der Waals surface area contributed by atoms with Crippen molar-refractivity contribution < 1.29 is 26.5 Å². The third-order valence-electron chi connectivity index (χ3n) is 4.63. The first kappa shape index (κ1) is 20.9. The number of primary sulfonamides is 1. The van der Waals surface area contributed by atoms with Gasteiger partial charge < -0.3 is 9.80 Å². The second kappa shape index (κ2) is 7.52. The molecule has 2 aromatic rings. The molecule has 29 heavy (non-hydrogen) atoms. The standard InChI is InChI=1S/C17H17F3N4O4S/c18-17(19,20)12-5-6-13(15(11-12)24(25)26)22-7-9-23(10-8-22)14-3-1-2-4-16(14)29(21,27)28/h1-6,11H,7-10H2,(H2,21,27,28). The molecule has 1 heterocycles. The first-order valence-corrected chi connectivity index (χ1v) is 10.0. The van der Waals surface area contributed by atoms with E-state index in [0.29, 0.717) is 24.8 Å². The summed E-state index contributed by atoms with van der Waals surface area (Å²) in [6.07, 6.45) is -4.68. The molecule has 1 saturated heterocycles. The van der Waals surface area contributed by atoms with E-state index in [1.807, 2.05) is 0 Å². The average molecular weight is 430 g/mol. The lowest BCUT2D eigenvalue weighted by atomic mass is 10.1. The molecule has 1 aliphatic heterocycles. The van der Waals surface area contributed by atoms with Crippen molar-refractivity contribution in [2.24, 2.45) is 5.14 Å². The van der Waals surface area contributed by atoms with Crippen LogP contribution in [0.3, 0.4) is 0 Å². The van der Waals surface area contributed by atoms with Crippen LogP contribution in [0.1, 0.15) is 5.56 Å². The van der Waals surface area contributed by atoms with Crippen LogP contribution >= 0.6 is 0 Å². The van der Waals surface area contributed by atoms with Crippen LogP contribution in [-0.4, -0.2) is 39.5 Å². The van der Waals surface area contributed by atoms with E-state index in [9.17, 15) is 31.7 Å². The fraction of sp³-hybridized carbons (Fsp3) is 0.294. The average Bonchev–Trinajstić information content (AvgIpc) is 2.66. The topological polar surface area (TPSA) is 110 Å². The van der Waals surface area contributed by atoms with Crippen molar-refractivity contribution in [2.75, 3.05) is 36.0 Å². The van der Waals surface area contributed by atoms with E-state index in [-0.39, 0.29) is 23.7 Å². The van der Waals surface area contributed by atoms with E-state index < -0.39 is 32.4 Å². The number of para-hydroxylation sites is 1. The molecule has 1 aliphatic rings. The van der Waals surface area contributed by atoms with E-state index in [1.165, 1.54) is 6.07 Å². The van der Waals surface area contributed by atoms with E-state index in [1.54, 1.807) is 28.0 Å². The molecule has 0 spiro atoms. The minimum atomic E-state index is -4.68. The summed E-state index contributed by atoms with van der Waals surface area (Å²) in [5.74, 6) is 0. The highest BCUT2D eigenvalue weighted by Gasteiger charge is 2.34. The van der Waals surface area contributed by atoms with Crippen LogP contribution in [0.25, 0.3) is 0 Å². The molecule has 0 saturated carbocycles. The molecule has 0 radical (unpaired) electrons. The van der Waals surface area contributed by atoms with Gasteiger partial charge in [-0.3, -0.25) is 10.1 Å². The first-order chi connectivity index (χ1) is 13.5. The summed E-state index contributed by atoms with van der Waals surface area (Å²) in [5.41, 5.74) is -1.22. The highest BCUT2D eigenvalue weighted by molar-refractivity contribution is 7.89. The number of alkyl halides is 3. The Hall–Kier alpha value is -2.86. The molecule has 0 unspecified atom stereocenters. The van der Waals surface area contributed by atoms with Crippen molar-refractivity contribution >= 4 is 27.1 Å². The quantitative estimate of drug-likeness (QED) is 0.590. The zero-order chi connectivity index (χ0) is 21.4. The Bertz CT molecular complexity index is 1040. The largest absolute Gasteiger partial charge is 0.416 e. The zero-order valence-corrected chi connectivity index (χ0v) is 15.8. The van der Waals surface area contributed by atoms with Crippen molar-refractivity contribution in [3.8, 4) is 0 Å². The number of hydrogen-bond acceptors (Lipinski definition) is 6. The number of anilines is 2. The zero-order valence-electron chi connectivity index (χ0n) is 15.0. The lowest BCUT2D eigenvalue weighted by molar-refractivity contribution is -0.384. The van der Waals surface area contributed by atoms with Gasteiger partial charge in [-0.1, -0.05) is 12.1 Å². The van der Waals surface area contributed by atoms with E-state index in [0.717, 1.165) is 12.1 Å². The van der Waals surface area contributed by atoms with Gasteiger partial charge in [0.25, 0.3) is 5.69 Å². The molecule has 1 fully saturated rings. The van der Waals surface area contributed by atoms with Crippen LogP contribution in [0, 0.1) is 10.1 Å². The van der Waals surface area contributed by atoms with Gasteiger partial charge in [-0.2, -0.15) is 13.2 Å². The van der Waals surface area contributed by atoms with Gasteiger partial charge in [0.1, 0.15) is 10.6 Å². The molecule has 2 N–H and O–H groups in total. The van der Waals surface area contributed by atoms with Gasteiger partial charge in [-0.05, 0) is 24.3 Å². The van der Waals surface area contributed by atoms with Crippen LogP contribution in [0.4, 0.5) is 30.2 Å². The number of halogens is 3. The van der Waals surface area contributed by atoms with E-state index >= 15 is 0 Å². The Morgan fingerprint density at radius 2 is 1.52 bits per heavy atom. The lowest BCUT2D eigenvalue weighted by Crippen LogP contribution is -2.47. The van der Waals surface area contributed by atoms with Crippen molar-refractivity contribution in [3.63, 3.8) is 0 Å². The number of nitro benzene ring substituents is 1. The third kappa shape index (κ3) is 4.43. The predicted octanol–water partition coefficient (Wildman–Crippen LogP) is 2.59. The maximum atomic E-state index is 12.9.